The number of benzene rings is 1. The molecule has 0 atom stereocenters. The average Bonchev–Trinajstić information content (AvgIpc) is 2.83. The number of nitrogens with one attached hydrogen (secondary N) is 1. The van der Waals surface area contributed by atoms with Gasteiger partial charge in [-0.1, -0.05) is 12.1 Å². The lowest BCUT2D eigenvalue weighted by atomic mass is 10.2. The van der Waals surface area contributed by atoms with Crippen molar-refractivity contribution in [3.05, 3.63) is 48.0 Å². The van der Waals surface area contributed by atoms with Crippen LogP contribution in [0.1, 0.15) is 11.4 Å². The highest BCUT2D eigenvalue weighted by molar-refractivity contribution is 5.69. The van der Waals surface area contributed by atoms with E-state index in [-0.39, 0.29) is 0 Å². The van der Waals surface area contributed by atoms with E-state index in [1.807, 2.05) is 41.8 Å². The predicted octanol–water partition coefficient (Wildman–Crippen LogP) is 1.64. The molecule has 6 heteroatoms. The number of nitrogens with two attached hydrogens (primary N) is 1. The zero-order valence-electron chi connectivity index (χ0n) is 10.5. The van der Waals surface area contributed by atoms with Crippen LogP contribution in [0.5, 0.6) is 0 Å². The first-order valence-electron chi connectivity index (χ1n) is 6.00. The molecule has 3 aromatic rings. The summed E-state index contributed by atoms with van der Waals surface area (Å²) in [5.74, 6) is 1.52. The minimum absolute atomic E-state index is 0.539. The molecule has 0 saturated heterocycles. The molecule has 0 amide bonds. The maximum atomic E-state index is 5.58. The third-order valence-corrected chi connectivity index (χ3v) is 2.95. The number of aryl methyl sites for hydroxylation is 1. The van der Waals surface area contributed by atoms with E-state index in [9.17, 15) is 0 Å². The van der Waals surface area contributed by atoms with E-state index in [1.54, 1.807) is 6.20 Å². The molecular formula is C13H14N6. The van der Waals surface area contributed by atoms with Crippen LogP contribution in [0.25, 0.3) is 5.65 Å². The van der Waals surface area contributed by atoms with Crippen LogP contribution in [0.3, 0.4) is 0 Å². The Balaban J connectivity index is 1.96. The van der Waals surface area contributed by atoms with Gasteiger partial charge in [0.1, 0.15) is 5.82 Å². The zero-order chi connectivity index (χ0) is 13.2. The van der Waals surface area contributed by atoms with Crippen LogP contribution in [0.2, 0.25) is 0 Å². The summed E-state index contributed by atoms with van der Waals surface area (Å²) < 4.78 is 1.89. The van der Waals surface area contributed by atoms with Crippen LogP contribution in [-0.4, -0.2) is 19.6 Å². The smallest absolute Gasteiger partial charge is 0.204 e. The van der Waals surface area contributed by atoms with Gasteiger partial charge in [-0.15, -0.1) is 10.2 Å². The summed E-state index contributed by atoms with van der Waals surface area (Å²) in [6, 6.07) is 7.91. The predicted molar refractivity (Wildman–Crippen MR) is 73.1 cm³/mol. The third-order valence-electron chi connectivity index (χ3n) is 2.95. The maximum Gasteiger partial charge on any atom is 0.204 e. The Morgan fingerprint density at radius 1 is 1.21 bits per heavy atom. The minimum Gasteiger partial charge on any atom is -0.337 e. The number of anilines is 2. The minimum atomic E-state index is 0.539. The molecule has 0 aliphatic carbocycles. The van der Waals surface area contributed by atoms with Crippen molar-refractivity contribution < 1.29 is 0 Å². The zero-order valence-corrected chi connectivity index (χ0v) is 10.5. The first kappa shape index (κ1) is 11.6. The Morgan fingerprint density at radius 3 is 2.74 bits per heavy atom. The van der Waals surface area contributed by atoms with Crippen LogP contribution >= 0.6 is 0 Å². The molecule has 2 aromatic heterocycles. The lowest BCUT2D eigenvalue weighted by molar-refractivity contribution is 1.00. The van der Waals surface area contributed by atoms with Crippen molar-refractivity contribution in [2.75, 3.05) is 5.32 Å². The lowest BCUT2D eigenvalue weighted by Crippen LogP contribution is -1.99. The highest BCUT2D eigenvalue weighted by Gasteiger charge is 2.07. The normalized spacial score (nSPS) is 10.8. The SMILES string of the molecule is Cc1nnc2c(Nc3ccc(CN)cc3)nccn12. The fraction of sp³-hybridized carbons (Fsp3) is 0.154. The summed E-state index contributed by atoms with van der Waals surface area (Å²) in [6.07, 6.45) is 3.56. The summed E-state index contributed by atoms with van der Waals surface area (Å²) in [5, 5.41) is 11.4. The Labute approximate surface area is 110 Å². The lowest BCUT2D eigenvalue weighted by Gasteiger charge is -2.07. The van der Waals surface area contributed by atoms with Gasteiger partial charge in [0.05, 0.1) is 0 Å². The second-order valence-corrected chi connectivity index (χ2v) is 4.24. The average molecular weight is 254 g/mol. The van der Waals surface area contributed by atoms with Crippen LogP contribution in [0.15, 0.2) is 36.7 Å². The van der Waals surface area contributed by atoms with Gasteiger partial charge >= 0.3 is 0 Å². The molecule has 0 aliphatic rings. The van der Waals surface area contributed by atoms with Gasteiger partial charge in [0.15, 0.2) is 5.82 Å². The van der Waals surface area contributed by atoms with E-state index in [0.717, 1.165) is 17.1 Å². The quantitative estimate of drug-likeness (QED) is 0.742. The molecule has 1 aromatic carbocycles. The molecule has 0 unspecified atom stereocenters. The van der Waals surface area contributed by atoms with Crippen molar-refractivity contribution in [3.8, 4) is 0 Å². The van der Waals surface area contributed by atoms with E-state index in [1.165, 1.54) is 0 Å². The molecule has 2 heterocycles. The van der Waals surface area contributed by atoms with Gasteiger partial charge in [-0.2, -0.15) is 0 Å². The van der Waals surface area contributed by atoms with Gasteiger partial charge in [0, 0.05) is 24.6 Å². The monoisotopic (exact) mass is 254 g/mol. The van der Waals surface area contributed by atoms with E-state index < -0.39 is 0 Å². The van der Waals surface area contributed by atoms with E-state index in [2.05, 4.69) is 20.5 Å². The standard InChI is InChI=1S/C13H14N6/c1-9-17-18-13-12(15-6-7-19(9)13)16-11-4-2-10(8-14)3-5-11/h2-7H,8,14H2,1H3,(H,15,16). The van der Waals surface area contributed by atoms with Gasteiger partial charge in [0.2, 0.25) is 5.65 Å². The molecule has 0 saturated carbocycles. The van der Waals surface area contributed by atoms with Gasteiger partial charge in [-0.05, 0) is 24.6 Å². The van der Waals surface area contributed by atoms with Crippen molar-refractivity contribution >= 4 is 17.2 Å². The number of hydrogen-bond donors (Lipinski definition) is 2. The van der Waals surface area contributed by atoms with Crippen molar-refractivity contribution in [1.29, 1.82) is 0 Å². The Morgan fingerprint density at radius 2 is 2.00 bits per heavy atom. The van der Waals surface area contributed by atoms with Gasteiger partial charge in [0.25, 0.3) is 0 Å². The van der Waals surface area contributed by atoms with Crippen molar-refractivity contribution in [3.63, 3.8) is 0 Å². The molecule has 0 radical (unpaired) electrons. The van der Waals surface area contributed by atoms with Gasteiger partial charge in [-0.25, -0.2) is 4.98 Å². The summed E-state index contributed by atoms with van der Waals surface area (Å²) in [6.45, 7) is 2.44. The second-order valence-electron chi connectivity index (χ2n) is 4.24. The molecule has 96 valence electrons. The van der Waals surface area contributed by atoms with Crippen LogP contribution in [0.4, 0.5) is 11.5 Å². The Kier molecular flexibility index (Phi) is 2.85. The summed E-state index contributed by atoms with van der Waals surface area (Å²) in [4.78, 5) is 4.30. The van der Waals surface area contributed by atoms with Gasteiger partial charge in [-0.3, -0.25) is 4.40 Å². The molecule has 0 fully saturated rings. The molecule has 0 spiro atoms. The number of aromatic nitrogens is 4. The number of hydrogen-bond acceptors (Lipinski definition) is 5. The van der Waals surface area contributed by atoms with Crippen LogP contribution in [-0.2, 0) is 6.54 Å². The molecule has 3 N–H and O–H groups in total. The Hall–Kier alpha value is -2.47. The Bertz CT molecular complexity index is 701. The third kappa shape index (κ3) is 2.13. The van der Waals surface area contributed by atoms with Crippen LogP contribution in [0, 0.1) is 6.92 Å². The number of rotatable bonds is 3. The highest BCUT2D eigenvalue weighted by atomic mass is 15.3. The molecular weight excluding hydrogens is 240 g/mol. The number of nitrogens with zero attached hydrogens (tertiary/aromatic N) is 4. The molecule has 0 aliphatic heterocycles. The largest absolute Gasteiger partial charge is 0.337 e. The first-order valence-corrected chi connectivity index (χ1v) is 6.00. The van der Waals surface area contributed by atoms with Crippen molar-refractivity contribution in [2.24, 2.45) is 5.73 Å². The van der Waals surface area contributed by atoms with E-state index in [0.29, 0.717) is 18.0 Å². The first-order chi connectivity index (χ1) is 9.28. The molecule has 3 rings (SSSR count). The highest BCUT2D eigenvalue weighted by Crippen LogP contribution is 2.18. The molecule has 19 heavy (non-hydrogen) atoms. The summed E-state index contributed by atoms with van der Waals surface area (Å²) in [7, 11) is 0. The van der Waals surface area contributed by atoms with Crippen LogP contribution < -0.4 is 11.1 Å². The molecule has 0 bridgehead atoms. The molecule has 6 nitrogen and oxygen atoms in total. The maximum absolute atomic E-state index is 5.58. The fourth-order valence-corrected chi connectivity index (χ4v) is 1.89. The van der Waals surface area contributed by atoms with Crippen molar-refractivity contribution in [2.45, 2.75) is 13.5 Å². The summed E-state index contributed by atoms with van der Waals surface area (Å²) in [5.41, 5.74) is 8.32. The van der Waals surface area contributed by atoms with Crippen molar-refractivity contribution in [1.82, 2.24) is 19.6 Å². The topological polar surface area (TPSA) is 81.1 Å². The fourth-order valence-electron chi connectivity index (χ4n) is 1.89. The second kappa shape index (κ2) is 4.66. The van der Waals surface area contributed by atoms with E-state index >= 15 is 0 Å². The summed E-state index contributed by atoms with van der Waals surface area (Å²) >= 11 is 0. The number of fused-ring (bicyclic) bond motifs is 1. The van der Waals surface area contributed by atoms with E-state index in [4.69, 9.17) is 5.73 Å². The van der Waals surface area contributed by atoms with Gasteiger partial charge < -0.3 is 11.1 Å².